The third-order valence-electron chi connectivity index (χ3n) is 5.31. The predicted molar refractivity (Wildman–Crippen MR) is 109 cm³/mol. The van der Waals surface area contributed by atoms with Gasteiger partial charge in [0, 0.05) is 23.9 Å². The number of nitrogens with zero attached hydrogens (tertiary/aromatic N) is 1. The highest BCUT2D eigenvalue weighted by Crippen LogP contribution is 2.41. The molecule has 0 aliphatic carbocycles. The molecule has 30 heavy (non-hydrogen) atoms. The van der Waals surface area contributed by atoms with Crippen LogP contribution in [0.2, 0.25) is 0 Å². The van der Waals surface area contributed by atoms with Gasteiger partial charge in [-0.25, -0.2) is 12.8 Å². The number of carbonyl (C=O) groups is 2. The Morgan fingerprint density at radius 3 is 2.63 bits per heavy atom. The first-order valence-corrected chi connectivity index (χ1v) is 10.8. The largest absolute Gasteiger partial charge is 0.394 e. The molecule has 1 aromatic carbocycles. The van der Waals surface area contributed by atoms with Gasteiger partial charge in [0.1, 0.15) is 22.9 Å². The van der Waals surface area contributed by atoms with Gasteiger partial charge in [-0.2, -0.15) is 0 Å². The molecule has 1 amide bonds. The van der Waals surface area contributed by atoms with Gasteiger partial charge < -0.3 is 21.5 Å². The lowest BCUT2D eigenvalue weighted by molar-refractivity contribution is -0.115. The van der Waals surface area contributed by atoms with Crippen LogP contribution < -0.4 is 16.8 Å². The zero-order chi connectivity index (χ0) is 22.3. The molecular formula is C19H23FN4O5S. The lowest BCUT2D eigenvalue weighted by Crippen LogP contribution is -2.58. The van der Waals surface area contributed by atoms with Gasteiger partial charge in [0.2, 0.25) is 0 Å². The Hall–Kier alpha value is -2.79. The summed E-state index contributed by atoms with van der Waals surface area (Å²) < 4.78 is 44.7. The van der Waals surface area contributed by atoms with E-state index in [1.165, 1.54) is 26.0 Å². The van der Waals surface area contributed by atoms with Crippen molar-refractivity contribution < 1.29 is 27.1 Å². The number of carbonyl (C=O) groups excluding carboxylic acids is 2. The van der Waals surface area contributed by atoms with E-state index < -0.39 is 43.4 Å². The Kier molecular flexibility index (Phi) is 5.46. The first-order valence-electron chi connectivity index (χ1n) is 9.15. The average Bonchev–Trinajstić information content (AvgIpc) is 3.12. The second-order valence-electron chi connectivity index (χ2n) is 7.69. The van der Waals surface area contributed by atoms with E-state index >= 15 is 0 Å². The third-order valence-corrected chi connectivity index (χ3v) is 7.98. The third kappa shape index (κ3) is 3.70. The standard InChI is InChI=1S/C19H23FN4O5S/c1-11(25)7-15(21)16(26)23-12-3-4-14(20)13(8-12)18(2)10-30(27,28)19(17(22)24-18)5-6-29-9-19/h3-4,7-8H,5-6,9-10,21H2,1-2H3,(H2,22,24)(H,23,26)/t18-,19-/m0/s1. The second kappa shape index (κ2) is 7.47. The molecule has 0 unspecified atom stereocenters. The van der Waals surface area contributed by atoms with E-state index in [4.69, 9.17) is 16.2 Å². The van der Waals surface area contributed by atoms with Crippen LogP contribution in [0.15, 0.2) is 35.0 Å². The Bertz CT molecular complexity index is 1080. The maximum atomic E-state index is 14.7. The van der Waals surface area contributed by atoms with Crippen LogP contribution in [0.4, 0.5) is 10.1 Å². The average molecular weight is 438 g/mol. The van der Waals surface area contributed by atoms with E-state index in [-0.39, 0.29) is 42.4 Å². The van der Waals surface area contributed by atoms with E-state index in [1.807, 2.05) is 0 Å². The van der Waals surface area contributed by atoms with E-state index in [1.54, 1.807) is 0 Å². The van der Waals surface area contributed by atoms with E-state index in [0.717, 1.165) is 12.1 Å². The van der Waals surface area contributed by atoms with Crippen LogP contribution in [0, 0.1) is 5.82 Å². The number of nitrogens with two attached hydrogens (primary N) is 2. The van der Waals surface area contributed by atoms with Crippen molar-refractivity contribution in [3.05, 3.63) is 41.4 Å². The number of allylic oxidation sites excluding steroid dienone is 1. The first-order chi connectivity index (χ1) is 13.9. The maximum Gasteiger partial charge on any atom is 0.271 e. The lowest BCUT2D eigenvalue weighted by Gasteiger charge is -2.39. The topological polar surface area (TPSA) is 154 Å². The molecular weight excluding hydrogens is 415 g/mol. The zero-order valence-corrected chi connectivity index (χ0v) is 17.4. The normalized spacial score (nSPS) is 28.2. The molecule has 162 valence electrons. The van der Waals surface area contributed by atoms with Crippen LogP contribution in [0.1, 0.15) is 25.8 Å². The molecule has 2 aliphatic heterocycles. The number of hydrogen-bond acceptors (Lipinski definition) is 8. The number of nitrogens with one attached hydrogen (secondary N) is 1. The summed E-state index contributed by atoms with van der Waals surface area (Å²) in [5.74, 6) is -2.44. The van der Waals surface area contributed by atoms with Gasteiger partial charge in [-0.05, 0) is 38.5 Å². The van der Waals surface area contributed by atoms with E-state index in [0.29, 0.717) is 0 Å². The van der Waals surface area contributed by atoms with Crippen LogP contribution in [0.3, 0.4) is 0 Å². The van der Waals surface area contributed by atoms with Gasteiger partial charge in [0.25, 0.3) is 5.91 Å². The Balaban J connectivity index is 2.00. The van der Waals surface area contributed by atoms with Crippen LogP contribution in [-0.4, -0.2) is 49.7 Å². The Morgan fingerprint density at radius 2 is 2.07 bits per heavy atom. The molecule has 1 aromatic rings. The van der Waals surface area contributed by atoms with Gasteiger partial charge in [0.15, 0.2) is 20.4 Å². The van der Waals surface area contributed by atoms with Crippen LogP contribution in [0.25, 0.3) is 0 Å². The lowest BCUT2D eigenvalue weighted by atomic mass is 9.92. The number of ether oxygens (including phenoxy) is 1. The molecule has 1 fully saturated rings. The molecule has 1 saturated heterocycles. The van der Waals surface area contributed by atoms with E-state index in [9.17, 15) is 22.4 Å². The van der Waals surface area contributed by atoms with Crippen molar-refractivity contribution in [3.63, 3.8) is 0 Å². The Labute approximate surface area is 173 Å². The van der Waals surface area contributed by atoms with Gasteiger partial charge in [-0.3, -0.25) is 14.6 Å². The van der Waals surface area contributed by atoms with E-state index in [2.05, 4.69) is 10.3 Å². The van der Waals surface area contributed by atoms with Gasteiger partial charge in [0.05, 0.1) is 12.4 Å². The molecule has 0 radical (unpaired) electrons. The quantitative estimate of drug-likeness (QED) is 0.573. The summed E-state index contributed by atoms with van der Waals surface area (Å²) in [6, 6.07) is 3.66. The van der Waals surface area contributed by atoms with Crippen molar-refractivity contribution in [1.82, 2.24) is 0 Å². The number of aliphatic imine (C=N–C) groups is 1. The number of amidine groups is 1. The number of sulfone groups is 1. The van der Waals surface area contributed by atoms with Crippen molar-refractivity contribution >= 4 is 33.1 Å². The number of rotatable bonds is 4. The van der Waals surface area contributed by atoms with Gasteiger partial charge in [-0.15, -0.1) is 0 Å². The van der Waals surface area contributed by atoms with Crippen LogP contribution in [0.5, 0.6) is 0 Å². The molecule has 0 bridgehead atoms. The number of hydrogen-bond donors (Lipinski definition) is 3. The Morgan fingerprint density at radius 1 is 1.37 bits per heavy atom. The highest BCUT2D eigenvalue weighted by atomic mass is 32.2. The summed E-state index contributed by atoms with van der Waals surface area (Å²) in [6.45, 7) is 2.87. The molecule has 11 heteroatoms. The number of halogens is 1. The summed E-state index contributed by atoms with van der Waals surface area (Å²) >= 11 is 0. The minimum atomic E-state index is -3.81. The number of amides is 1. The van der Waals surface area contributed by atoms with Crippen LogP contribution in [-0.2, 0) is 29.7 Å². The first kappa shape index (κ1) is 21.9. The molecule has 2 heterocycles. The van der Waals surface area contributed by atoms with Crippen molar-refractivity contribution in [2.75, 3.05) is 24.3 Å². The summed E-state index contributed by atoms with van der Waals surface area (Å²) in [5.41, 5.74) is 9.91. The SMILES string of the molecule is CC(=O)C=C(N)C(=O)Nc1ccc(F)c([C@]2(C)CS(=O)(=O)[C@]3(CCOC3)C(N)=N2)c1. The smallest absolute Gasteiger partial charge is 0.271 e. The summed E-state index contributed by atoms with van der Waals surface area (Å²) in [4.78, 5) is 27.6. The number of ketones is 1. The second-order valence-corrected chi connectivity index (χ2v) is 9.99. The molecule has 0 aromatic heterocycles. The number of anilines is 1. The fourth-order valence-electron chi connectivity index (χ4n) is 3.70. The summed E-state index contributed by atoms with van der Waals surface area (Å²) in [5, 5.41) is 2.45. The molecule has 5 N–H and O–H groups in total. The van der Waals surface area contributed by atoms with Gasteiger partial charge >= 0.3 is 0 Å². The van der Waals surface area contributed by atoms with Crippen molar-refractivity contribution in [1.29, 1.82) is 0 Å². The van der Waals surface area contributed by atoms with Crippen molar-refractivity contribution in [2.45, 2.75) is 30.6 Å². The molecule has 1 spiro atoms. The molecule has 2 aliphatic rings. The minimum absolute atomic E-state index is 0.0466. The zero-order valence-electron chi connectivity index (χ0n) is 16.6. The molecule has 0 saturated carbocycles. The molecule has 9 nitrogen and oxygen atoms in total. The van der Waals surface area contributed by atoms with Crippen molar-refractivity contribution in [2.24, 2.45) is 16.5 Å². The van der Waals surface area contributed by atoms with Crippen molar-refractivity contribution in [3.8, 4) is 0 Å². The summed E-state index contributed by atoms with van der Waals surface area (Å²) in [7, 11) is -3.81. The fourth-order valence-corrected chi connectivity index (χ4v) is 5.96. The highest BCUT2D eigenvalue weighted by molar-refractivity contribution is 7.93. The number of benzene rings is 1. The highest BCUT2D eigenvalue weighted by Gasteiger charge is 2.57. The minimum Gasteiger partial charge on any atom is -0.394 e. The van der Waals surface area contributed by atoms with Gasteiger partial charge in [-0.1, -0.05) is 0 Å². The van der Waals surface area contributed by atoms with Crippen LogP contribution >= 0.6 is 0 Å². The monoisotopic (exact) mass is 438 g/mol. The molecule has 3 rings (SSSR count). The summed E-state index contributed by atoms with van der Waals surface area (Å²) in [6.07, 6.45) is 1.16. The predicted octanol–water partition coefficient (Wildman–Crippen LogP) is 0.356. The maximum absolute atomic E-state index is 14.7. The molecule has 2 atom stereocenters. The fraction of sp³-hybridized carbons (Fsp3) is 0.421.